The lowest BCUT2D eigenvalue weighted by Crippen LogP contribution is -2.56. The van der Waals surface area contributed by atoms with Crippen molar-refractivity contribution >= 4 is 46.2 Å². The molecular formula is C31H37N11O5. The molecule has 1 atom stereocenters. The molecule has 4 aliphatic heterocycles. The average molecular weight is 644 g/mol. The molecule has 47 heavy (non-hydrogen) atoms. The number of likely N-dealkylation sites (tertiary alicyclic amines) is 1. The van der Waals surface area contributed by atoms with Gasteiger partial charge in [0.05, 0.1) is 16.9 Å². The number of rotatable bonds is 7. The zero-order chi connectivity index (χ0) is 32.7. The Labute approximate surface area is 269 Å². The van der Waals surface area contributed by atoms with Crippen molar-refractivity contribution in [3.8, 4) is 0 Å². The van der Waals surface area contributed by atoms with Gasteiger partial charge in [0.1, 0.15) is 11.6 Å². The molecular weight excluding hydrogens is 606 g/mol. The first-order valence-corrected chi connectivity index (χ1v) is 16.1. The van der Waals surface area contributed by atoms with Gasteiger partial charge in [-0.1, -0.05) is 5.21 Å². The number of nitrogens with one attached hydrogen (secondary N) is 1. The van der Waals surface area contributed by atoms with Crippen molar-refractivity contribution in [1.82, 2.24) is 40.1 Å². The number of anilines is 2. The Balaban J connectivity index is 0.878. The topological polar surface area (TPSA) is 193 Å². The SMILES string of the molecule is NC(=O)c1cnc(N2CCN(CC3CCN(C(=O)C4CN(c5ccc6nnn(C7CCC(=O)NC7=O)c(=O)c6c5)C4)CC3)CC2)nc1. The van der Waals surface area contributed by atoms with Crippen LogP contribution < -0.4 is 26.4 Å². The first-order chi connectivity index (χ1) is 22.7. The second-order valence-corrected chi connectivity index (χ2v) is 12.8. The molecule has 0 bridgehead atoms. The van der Waals surface area contributed by atoms with E-state index in [0.29, 0.717) is 41.4 Å². The molecule has 246 valence electrons. The van der Waals surface area contributed by atoms with Crippen LogP contribution in [-0.4, -0.2) is 117 Å². The van der Waals surface area contributed by atoms with E-state index in [1.807, 2.05) is 11.0 Å². The predicted octanol–water partition coefficient (Wildman–Crippen LogP) is -0.845. The van der Waals surface area contributed by atoms with Crippen molar-refractivity contribution in [1.29, 1.82) is 0 Å². The molecule has 16 nitrogen and oxygen atoms in total. The van der Waals surface area contributed by atoms with Gasteiger partial charge in [0.2, 0.25) is 17.8 Å². The Morgan fingerprint density at radius 3 is 2.32 bits per heavy atom. The maximum atomic E-state index is 13.3. The van der Waals surface area contributed by atoms with Gasteiger partial charge in [-0.3, -0.25) is 34.2 Å². The summed E-state index contributed by atoms with van der Waals surface area (Å²) < 4.78 is 1.06. The summed E-state index contributed by atoms with van der Waals surface area (Å²) in [5.74, 6) is -0.214. The molecule has 0 spiro atoms. The van der Waals surface area contributed by atoms with E-state index in [9.17, 15) is 24.0 Å². The lowest BCUT2D eigenvalue weighted by atomic mass is 9.92. The summed E-state index contributed by atoms with van der Waals surface area (Å²) in [4.78, 5) is 79.0. The summed E-state index contributed by atoms with van der Waals surface area (Å²) in [6, 6.07) is 4.46. The average Bonchev–Trinajstić information content (AvgIpc) is 3.05. The van der Waals surface area contributed by atoms with E-state index in [0.717, 1.165) is 69.0 Å². The van der Waals surface area contributed by atoms with Gasteiger partial charge in [0, 0.05) is 83.4 Å². The van der Waals surface area contributed by atoms with Crippen LogP contribution in [0.5, 0.6) is 0 Å². The van der Waals surface area contributed by atoms with Crippen LogP contribution >= 0.6 is 0 Å². The van der Waals surface area contributed by atoms with E-state index < -0.39 is 23.4 Å². The first kappa shape index (κ1) is 30.7. The zero-order valence-corrected chi connectivity index (χ0v) is 26.0. The van der Waals surface area contributed by atoms with Crippen LogP contribution in [0.25, 0.3) is 10.9 Å². The number of hydrogen-bond donors (Lipinski definition) is 2. The highest BCUT2D eigenvalue weighted by atomic mass is 16.2. The lowest BCUT2D eigenvalue weighted by molar-refractivity contribution is -0.138. The number of carbonyl (C=O) groups is 4. The van der Waals surface area contributed by atoms with Gasteiger partial charge < -0.3 is 20.4 Å². The Kier molecular flexibility index (Phi) is 8.26. The summed E-state index contributed by atoms with van der Waals surface area (Å²) in [5.41, 5.74) is 6.38. The van der Waals surface area contributed by atoms with Crippen LogP contribution in [0.4, 0.5) is 11.6 Å². The molecule has 2 aromatic heterocycles. The summed E-state index contributed by atoms with van der Waals surface area (Å²) in [6.07, 6.45) is 5.22. The van der Waals surface area contributed by atoms with Gasteiger partial charge in [0.25, 0.3) is 17.4 Å². The largest absolute Gasteiger partial charge is 0.370 e. The highest BCUT2D eigenvalue weighted by molar-refractivity contribution is 5.99. The van der Waals surface area contributed by atoms with Crippen molar-refractivity contribution < 1.29 is 19.2 Å². The highest BCUT2D eigenvalue weighted by Crippen LogP contribution is 2.29. The highest BCUT2D eigenvalue weighted by Gasteiger charge is 2.37. The van der Waals surface area contributed by atoms with Crippen LogP contribution in [0.15, 0.2) is 35.4 Å². The van der Waals surface area contributed by atoms with E-state index in [1.165, 1.54) is 12.4 Å². The molecule has 3 N–H and O–H groups in total. The van der Waals surface area contributed by atoms with E-state index in [2.05, 4.69) is 40.3 Å². The van der Waals surface area contributed by atoms with Gasteiger partial charge in [-0.2, -0.15) is 4.68 Å². The standard InChI is InChI=1S/C31H37N11O5/c32-27(44)20-14-33-31(34-15-20)40-11-9-38(10-12-40)16-19-5-7-39(8-6-19)29(46)21-17-41(18-21)22-1-2-24-23(13-22)30(47)42(37-36-24)25-3-4-26(43)35-28(25)45/h1-2,13-15,19,21,25H,3-12,16-18H2,(H2,32,44)(H,35,43,45). The van der Waals surface area contributed by atoms with Crippen LogP contribution in [0.2, 0.25) is 0 Å². The fraction of sp³-hybridized carbons (Fsp3) is 0.516. The molecule has 1 aromatic carbocycles. The second kappa shape index (κ2) is 12.7. The Morgan fingerprint density at radius 1 is 0.915 bits per heavy atom. The summed E-state index contributed by atoms with van der Waals surface area (Å²) >= 11 is 0. The monoisotopic (exact) mass is 643 g/mol. The minimum atomic E-state index is -0.878. The number of piperazine rings is 1. The molecule has 4 saturated heterocycles. The smallest absolute Gasteiger partial charge is 0.278 e. The van der Waals surface area contributed by atoms with Gasteiger partial charge in [-0.15, -0.1) is 5.10 Å². The molecule has 0 aliphatic carbocycles. The van der Waals surface area contributed by atoms with Crippen molar-refractivity contribution in [2.75, 3.05) is 68.7 Å². The van der Waals surface area contributed by atoms with Crippen molar-refractivity contribution in [3.63, 3.8) is 0 Å². The number of hydrogen-bond acceptors (Lipinski definition) is 12. The zero-order valence-electron chi connectivity index (χ0n) is 26.0. The lowest BCUT2D eigenvalue weighted by Gasteiger charge is -2.44. The van der Waals surface area contributed by atoms with Crippen molar-refractivity contribution in [2.45, 2.75) is 31.7 Å². The number of benzene rings is 1. The second-order valence-electron chi connectivity index (χ2n) is 12.8. The van der Waals surface area contributed by atoms with Crippen molar-refractivity contribution in [2.24, 2.45) is 17.6 Å². The Morgan fingerprint density at radius 2 is 1.64 bits per heavy atom. The maximum Gasteiger partial charge on any atom is 0.278 e. The van der Waals surface area contributed by atoms with Crippen LogP contribution in [-0.2, 0) is 14.4 Å². The fourth-order valence-corrected chi connectivity index (χ4v) is 6.91. The van der Waals surface area contributed by atoms with Gasteiger partial charge >= 0.3 is 0 Å². The molecule has 16 heteroatoms. The Hall–Kier alpha value is -4.99. The molecule has 4 aliphatic rings. The predicted molar refractivity (Wildman–Crippen MR) is 169 cm³/mol. The third-order valence-corrected chi connectivity index (χ3v) is 9.79. The van der Waals surface area contributed by atoms with E-state index >= 15 is 0 Å². The molecule has 6 heterocycles. The van der Waals surface area contributed by atoms with Crippen LogP contribution in [0, 0.1) is 11.8 Å². The maximum absolute atomic E-state index is 13.3. The summed E-state index contributed by atoms with van der Waals surface area (Å²) in [5, 5.41) is 10.7. The van der Waals surface area contributed by atoms with Crippen molar-refractivity contribution in [3.05, 3.63) is 46.5 Å². The number of carbonyl (C=O) groups excluding carboxylic acids is 4. The van der Waals surface area contributed by atoms with Gasteiger partial charge in [-0.05, 0) is 43.4 Å². The molecule has 0 saturated carbocycles. The number of imide groups is 1. The number of fused-ring (bicyclic) bond motifs is 1. The quantitative estimate of drug-likeness (QED) is 0.304. The van der Waals surface area contributed by atoms with Crippen LogP contribution in [0.1, 0.15) is 42.1 Å². The number of primary amides is 1. The number of nitrogens with two attached hydrogens (primary N) is 1. The normalized spacial score (nSPS) is 21.5. The fourth-order valence-electron chi connectivity index (χ4n) is 6.91. The Bertz CT molecular complexity index is 1760. The number of nitrogens with zero attached hydrogens (tertiary/aromatic N) is 9. The molecule has 4 fully saturated rings. The minimum Gasteiger partial charge on any atom is -0.370 e. The molecule has 4 amide bonds. The van der Waals surface area contributed by atoms with Gasteiger partial charge in [-0.25, -0.2) is 9.97 Å². The van der Waals surface area contributed by atoms with Crippen LogP contribution in [0.3, 0.4) is 0 Å². The first-order valence-electron chi connectivity index (χ1n) is 16.1. The number of piperidine rings is 2. The van der Waals surface area contributed by atoms with E-state index in [1.54, 1.807) is 12.1 Å². The summed E-state index contributed by atoms with van der Waals surface area (Å²) in [7, 11) is 0. The molecule has 1 unspecified atom stereocenters. The number of aromatic nitrogens is 5. The van der Waals surface area contributed by atoms with E-state index in [4.69, 9.17) is 5.73 Å². The van der Waals surface area contributed by atoms with E-state index in [-0.39, 0.29) is 30.6 Å². The molecule has 7 rings (SSSR count). The van der Waals surface area contributed by atoms with Gasteiger partial charge in [0.15, 0.2) is 0 Å². The molecule has 3 aromatic rings. The third-order valence-electron chi connectivity index (χ3n) is 9.79. The third kappa shape index (κ3) is 6.24. The minimum absolute atomic E-state index is 0.0923. The summed E-state index contributed by atoms with van der Waals surface area (Å²) in [6.45, 7) is 7.11. The molecule has 0 radical (unpaired) electrons. The number of amides is 4.